The van der Waals surface area contributed by atoms with Crippen molar-refractivity contribution in [3.8, 4) is 0 Å². The lowest BCUT2D eigenvalue weighted by Crippen LogP contribution is -2.40. The zero-order valence-corrected chi connectivity index (χ0v) is 16.8. The van der Waals surface area contributed by atoms with E-state index in [0.29, 0.717) is 18.0 Å². The van der Waals surface area contributed by atoms with Gasteiger partial charge in [-0.3, -0.25) is 4.79 Å². The highest BCUT2D eigenvalue weighted by atomic mass is 16.1. The van der Waals surface area contributed by atoms with Crippen molar-refractivity contribution in [1.29, 1.82) is 0 Å². The van der Waals surface area contributed by atoms with Gasteiger partial charge in [-0.15, -0.1) is 0 Å². The van der Waals surface area contributed by atoms with Crippen LogP contribution in [0.5, 0.6) is 0 Å². The summed E-state index contributed by atoms with van der Waals surface area (Å²) in [4.78, 5) is 18.9. The molecule has 1 aliphatic heterocycles. The van der Waals surface area contributed by atoms with Gasteiger partial charge in [0.1, 0.15) is 0 Å². The molecule has 0 bridgehead atoms. The number of aliphatic imine (C=N–C) groups is 1. The second-order valence-corrected chi connectivity index (χ2v) is 7.24. The number of carbonyl (C=O) groups excluding carboxylic acids is 1. The average molecular weight is 379 g/mol. The minimum absolute atomic E-state index is 0.0649. The van der Waals surface area contributed by atoms with Crippen molar-refractivity contribution in [2.75, 3.05) is 26.7 Å². The average Bonchev–Trinajstić information content (AvgIpc) is 3.20. The number of hydrogen-bond donors (Lipinski definition) is 2. The first kappa shape index (κ1) is 19.9. The molecular weight excluding hydrogens is 348 g/mol. The van der Waals surface area contributed by atoms with Gasteiger partial charge in [-0.1, -0.05) is 42.5 Å². The maximum atomic E-state index is 11.7. The number of nitrogens with one attached hydrogen (secondary N) is 2. The molecule has 5 heteroatoms. The molecule has 1 fully saturated rings. The molecule has 1 amide bonds. The molecule has 5 nitrogen and oxygen atoms in total. The Balaban J connectivity index is 1.60. The highest BCUT2D eigenvalue weighted by Crippen LogP contribution is 2.21. The van der Waals surface area contributed by atoms with E-state index in [1.54, 1.807) is 7.05 Å². The summed E-state index contributed by atoms with van der Waals surface area (Å²) in [5.41, 5.74) is 3.18. The van der Waals surface area contributed by atoms with Gasteiger partial charge < -0.3 is 15.5 Å². The van der Waals surface area contributed by atoms with Crippen molar-refractivity contribution in [3.63, 3.8) is 0 Å². The molecule has 1 heterocycles. The van der Waals surface area contributed by atoms with Gasteiger partial charge in [0, 0.05) is 32.2 Å². The van der Waals surface area contributed by atoms with Crippen LogP contribution in [0.4, 0.5) is 0 Å². The monoisotopic (exact) mass is 378 g/mol. The van der Waals surface area contributed by atoms with E-state index in [1.807, 2.05) is 24.3 Å². The minimum Gasteiger partial charge on any atom is -0.357 e. The van der Waals surface area contributed by atoms with Crippen LogP contribution in [-0.2, 0) is 13.0 Å². The zero-order chi connectivity index (χ0) is 19.8. The van der Waals surface area contributed by atoms with E-state index in [9.17, 15) is 4.79 Å². The van der Waals surface area contributed by atoms with Gasteiger partial charge in [0.2, 0.25) is 0 Å². The number of rotatable bonds is 6. The number of carbonyl (C=O) groups is 1. The molecule has 0 spiro atoms. The van der Waals surface area contributed by atoms with Crippen LogP contribution in [0.2, 0.25) is 0 Å². The van der Waals surface area contributed by atoms with E-state index in [2.05, 4.69) is 52.8 Å². The number of hydrogen-bond acceptors (Lipinski definition) is 2. The van der Waals surface area contributed by atoms with Crippen molar-refractivity contribution in [1.82, 2.24) is 15.5 Å². The van der Waals surface area contributed by atoms with Crippen LogP contribution >= 0.6 is 0 Å². The zero-order valence-electron chi connectivity index (χ0n) is 16.8. The Morgan fingerprint density at radius 1 is 1.11 bits per heavy atom. The largest absolute Gasteiger partial charge is 0.357 e. The fraction of sp³-hybridized carbons (Fsp3) is 0.391. The first-order valence-electron chi connectivity index (χ1n) is 10.1. The van der Waals surface area contributed by atoms with Gasteiger partial charge in [-0.25, -0.2) is 4.99 Å². The Labute approximate surface area is 167 Å². The van der Waals surface area contributed by atoms with Crippen LogP contribution in [0.25, 0.3) is 0 Å². The van der Waals surface area contributed by atoms with E-state index in [1.165, 1.54) is 12.0 Å². The van der Waals surface area contributed by atoms with Crippen LogP contribution in [0.3, 0.4) is 0 Å². The smallest absolute Gasteiger partial charge is 0.251 e. The van der Waals surface area contributed by atoms with Gasteiger partial charge in [0.05, 0.1) is 6.54 Å². The van der Waals surface area contributed by atoms with Crippen molar-refractivity contribution in [2.24, 2.45) is 10.9 Å². The van der Waals surface area contributed by atoms with Crippen LogP contribution in [0.1, 0.15) is 34.8 Å². The second kappa shape index (κ2) is 9.93. The third-order valence-electron chi connectivity index (χ3n) is 5.14. The first-order chi connectivity index (χ1) is 13.7. The Hall–Kier alpha value is -2.82. The maximum absolute atomic E-state index is 11.7. The molecule has 1 saturated heterocycles. The molecule has 2 aromatic rings. The SMILES string of the molecule is CCNC(=NCc1ccc(C(=O)NC)cc1)N1CCC(Cc2ccccc2)C1. The molecule has 28 heavy (non-hydrogen) atoms. The third kappa shape index (κ3) is 5.35. The van der Waals surface area contributed by atoms with E-state index < -0.39 is 0 Å². The highest BCUT2D eigenvalue weighted by Gasteiger charge is 2.24. The highest BCUT2D eigenvalue weighted by molar-refractivity contribution is 5.93. The van der Waals surface area contributed by atoms with Crippen molar-refractivity contribution in [2.45, 2.75) is 26.3 Å². The van der Waals surface area contributed by atoms with Crippen molar-refractivity contribution >= 4 is 11.9 Å². The molecule has 2 N–H and O–H groups in total. The van der Waals surface area contributed by atoms with Gasteiger partial charge in [-0.2, -0.15) is 0 Å². The lowest BCUT2D eigenvalue weighted by atomic mass is 9.99. The standard InChI is InChI=1S/C23H30N4O/c1-3-25-23(26-16-19-9-11-21(12-10-19)22(28)24-2)27-14-13-20(17-27)15-18-7-5-4-6-8-18/h4-12,20H,3,13-17H2,1-2H3,(H,24,28)(H,25,26). The van der Waals surface area contributed by atoms with Crippen LogP contribution < -0.4 is 10.6 Å². The Bertz CT molecular complexity index is 786. The van der Waals surface area contributed by atoms with Crippen LogP contribution in [-0.4, -0.2) is 43.4 Å². The van der Waals surface area contributed by atoms with E-state index >= 15 is 0 Å². The summed E-state index contributed by atoms with van der Waals surface area (Å²) >= 11 is 0. The number of amides is 1. The molecule has 0 aliphatic carbocycles. The van der Waals surface area contributed by atoms with E-state index in [-0.39, 0.29) is 5.91 Å². The van der Waals surface area contributed by atoms with Gasteiger partial charge in [0.25, 0.3) is 5.91 Å². The second-order valence-electron chi connectivity index (χ2n) is 7.24. The number of likely N-dealkylation sites (tertiary alicyclic amines) is 1. The van der Waals surface area contributed by atoms with Crippen LogP contribution in [0, 0.1) is 5.92 Å². The molecule has 1 unspecified atom stereocenters. The third-order valence-corrected chi connectivity index (χ3v) is 5.14. The summed E-state index contributed by atoms with van der Waals surface area (Å²) in [7, 11) is 1.64. The molecular formula is C23H30N4O. The van der Waals surface area contributed by atoms with Gasteiger partial charge in [-0.05, 0) is 48.9 Å². The summed E-state index contributed by atoms with van der Waals surface area (Å²) in [5, 5.41) is 6.07. The molecule has 0 radical (unpaired) electrons. The fourth-order valence-electron chi connectivity index (χ4n) is 3.64. The minimum atomic E-state index is -0.0649. The van der Waals surface area contributed by atoms with E-state index in [0.717, 1.165) is 37.6 Å². The topological polar surface area (TPSA) is 56.7 Å². The van der Waals surface area contributed by atoms with Crippen molar-refractivity contribution < 1.29 is 4.79 Å². The Morgan fingerprint density at radius 2 is 1.86 bits per heavy atom. The molecule has 3 rings (SSSR count). The quantitative estimate of drug-likeness (QED) is 0.600. The number of benzene rings is 2. The Morgan fingerprint density at radius 3 is 2.54 bits per heavy atom. The molecule has 2 aromatic carbocycles. The van der Waals surface area contributed by atoms with Gasteiger partial charge in [0.15, 0.2) is 5.96 Å². The lowest BCUT2D eigenvalue weighted by Gasteiger charge is -2.21. The predicted molar refractivity (Wildman–Crippen MR) is 114 cm³/mol. The summed E-state index contributed by atoms with van der Waals surface area (Å²) in [6, 6.07) is 18.4. The van der Waals surface area contributed by atoms with Crippen molar-refractivity contribution in [3.05, 3.63) is 71.3 Å². The Kier molecular flexibility index (Phi) is 7.06. The van der Waals surface area contributed by atoms with Gasteiger partial charge >= 0.3 is 0 Å². The normalized spacial score (nSPS) is 16.9. The molecule has 1 aliphatic rings. The molecule has 1 atom stereocenters. The fourth-order valence-corrected chi connectivity index (χ4v) is 3.64. The predicted octanol–water partition coefficient (Wildman–Crippen LogP) is 3.08. The van der Waals surface area contributed by atoms with Crippen LogP contribution in [0.15, 0.2) is 59.6 Å². The summed E-state index contributed by atoms with van der Waals surface area (Å²) in [5.74, 6) is 1.58. The number of nitrogens with zero attached hydrogens (tertiary/aromatic N) is 2. The molecule has 0 saturated carbocycles. The summed E-state index contributed by atoms with van der Waals surface area (Å²) in [6.07, 6.45) is 2.32. The first-order valence-corrected chi connectivity index (χ1v) is 10.1. The molecule has 0 aromatic heterocycles. The van der Waals surface area contributed by atoms with E-state index in [4.69, 9.17) is 4.99 Å². The lowest BCUT2D eigenvalue weighted by molar-refractivity contribution is 0.0963. The number of guanidine groups is 1. The molecule has 148 valence electrons. The maximum Gasteiger partial charge on any atom is 0.251 e. The summed E-state index contributed by atoms with van der Waals surface area (Å²) in [6.45, 7) is 5.64. The summed E-state index contributed by atoms with van der Waals surface area (Å²) < 4.78 is 0.